The Morgan fingerprint density at radius 3 is 2.15 bits per heavy atom. The quantitative estimate of drug-likeness (QED) is 0.574. The van der Waals surface area contributed by atoms with E-state index in [2.05, 4.69) is 10.6 Å². The van der Waals surface area contributed by atoms with Crippen molar-refractivity contribution in [3.63, 3.8) is 0 Å². The highest BCUT2D eigenvalue weighted by molar-refractivity contribution is 7.98. The standard InChI is InChI=1S/C20H25N3O3S/c1-4-23(13-19(24)21-15-7-5-9-17(11-15)26-2)14-20(25)22-16-8-6-10-18(12-16)27-3/h5-12H,4,13-14H2,1-3H3,(H,21,24)(H,22,25)/p+1. The molecule has 0 fully saturated rings. The molecule has 6 nitrogen and oxygen atoms in total. The van der Waals surface area contributed by atoms with Crippen molar-refractivity contribution in [3.8, 4) is 5.75 Å². The third-order valence-electron chi connectivity index (χ3n) is 4.03. The maximum atomic E-state index is 12.3. The Labute approximate surface area is 164 Å². The number of hydrogen-bond donors (Lipinski definition) is 3. The van der Waals surface area contributed by atoms with Gasteiger partial charge in [-0.2, -0.15) is 0 Å². The maximum Gasteiger partial charge on any atom is 0.279 e. The number of nitrogens with one attached hydrogen (secondary N) is 3. The van der Waals surface area contributed by atoms with Crippen LogP contribution in [0.1, 0.15) is 6.92 Å². The van der Waals surface area contributed by atoms with E-state index < -0.39 is 0 Å². The SMILES string of the molecule is CC[NH+](CC(=O)Nc1cccc(OC)c1)CC(=O)Nc1cccc(SC)c1. The molecular weight excluding hydrogens is 362 g/mol. The van der Waals surface area contributed by atoms with Crippen molar-refractivity contribution >= 4 is 35.0 Å². The summed E-state index contributed by atoms with van der Waals surface area (Å²) < 4.78 is 5.15. The van der Waals surface area contributed by atoms with Gasteiger partial charge in [0.2, 0.25) is 0 Å². The minimum atomic E-state index is -0.141. The average Bonchev–Trinajstić information content (AvgIpc) is 2.67. The molecule has 0 aliphatic carbocycles. The molecular formula is C20H26N3O3S+. The fourth-order valence-corrected chi connectivity index (χ4v) is 3.04. The molecule has 0 radical (unpaired) electrons. The van der Waals surface area contributed by atoms with Gasteiger partial charge in [-0.1, -0.05) is 12.1 Å². The summed E-state index contributed by atoms with van der Waals surface area (Å²) in [6.07, 6.45) is 1.99. The van der Waals surface area contributed by atoms with Crippen LogP contribution in [-0.4, -0.2) is 44.8 Å². The number of benzene rings is 2. The van der Waals surface area contributed by atoms with Gasteiger partial charge in [0.1, 0.15) is 5.75 Å². The van der Waals surface area contributed by atoms with Crippen molar-refractivity contribution in [3.05, 3.63) is 48.5 Å². The number of rotatable bonds is 9. The smallest absolute Gasteiger partial charge is 0.279 e. The zero-order chi connectivity index (χ0) is 19.6. The summed E-state index contributed by atoms with van der Waals surface area (Å²) in [5.74, 6) is 0.427. The van der Waals surface area contributed by atoms with Crippen molar-refractivity contribution in [2.45, 2.75) is 11.8 Å². The lowest BCUT2D eigenvalue weighted by molar-refractivity contribution is -0.881. The van der Waals surface area contributed by atoms with Crippen LogP contribution in [0.4, 0.5) is 11.4 Å². The van der Waals surface area contributed by atoms with E-state index in [4.69, 9.17) is 4.74 Å². The first-order chi connectivity index (χ1) is 13.0. The maximum absolute atomic E-state index is 12.3. The first-order valence-electron chi connectivity index (χ1n) is 8.75. The van der Waals surface area contributed by atoms with E-state index in [1.165, 1.54) is 0 Å². The molecule has 2 amide bonds. The lowest BCUT2D eigenvalue weighted by Gasteiger charge is -2.17. The van der Waals surface area contributed by atoms with Gasteiger partial charge in [-0.3, -0.25) is 9.59 Å². The summed E-state index contributed by atoms with van der Waals surface area (Å²) in [4.78, 5) is 26.6. The molecule has 2 aromatic carbocycles. The number of thioether (sulfide) groups is 1. The second kappa shape index (κ2) is 10.6. The van der Waals surface area contributed by atoms with Crippen LogP contribution in [0, 0.1) is 0 Å². The Bertz CT molecular complexity index is 719. The predicted molar refractivity (Wildman–Crippen MR) is 110 cm³/mol. The van der Waals surface area contributed by atoms with Gasteiger partial charge < -0.3 is 20.3 Å². The fraction of sp³-hybridized carbons (Fsp3) is 0.300. The number of likely N-dealkylation sites (N-methyl/N-ethyl adjacent to an activating group) is 1. The van der Waals surface area contributed by atoms with Crippen LogP contribution in [0.5, 0.6) is 5.75 Å². The Kier molecular flexibility index (Phi) is 8.16. The Balaban J connectivity index is 1.87. The molecule has 2 rings (SSSR count). The molecule has 0 heterocycles. The van der Waals surface area contributed by atoms with Crippen LogP contribution in [0.3, 0.4) is 0 Å². The highest BCUT2D eigenvalue weighted by Gasteiger charge is 2.17. The number of anilines is 2. The van der Waals surface area contributed by atoms with E-state index >= 15 is 0 Å². The summed E-state index contributed by atoms with van der Waals surface area (Å²) in [6, 6.07) is 14.9. The first kappa shape index (κ1) is 20.8. The van der Waals surface area contributed by atoms with Crippen LogP contribution in [0.15, 0.2) is 53.4 Å². The molecule has 0 bridgehead atoms. The Hall–Kier alpha value is -2.51. The normalized spacial score (nSPS) is 11.5. The molecule has 3 N–H and O–H groups in total. The van der Waals surface area contributed by atoms with Crippen LogP contribution in [0.25, 0.3) is 0 Å². The zero-order valence-electron chi connectivity index (χ0n) is 15.9. The van der Waals surface area contributed by atoms with Crippen molar-refractivity contribution in [2.24, 2.45) is 0 Å². The minimum Gasteiger partial charge on any atom is -0.497 e. The lowest BCUT2D eigenvalue weighted by Crippen LogP contribution is -3.13. The van der Waals surface area contributed by atoms with Crippen molar-refractivity contribution in [1.82, 2.24) is 0 Å². The third-order valence-corrected chi connectivity index (χ3v) is 4.75. The largest absolute Gasteiger partial charge is 0.497 e. The zero-order valence-corrected chi connectivity index (χ0v) is 16.7. The summed E-state index contributed by atoms with van der Waals surface area (Å²) >= 11 is 1.62. The fourth-order valence-electron chi connectivity index (χ4n) is 2.58. The predicted octanol–water partition coefficient (Wildman–Crippen LogP) is 1.90. The summed E-state index contributed by atoms with van der Waals surface area (Å²) in [5.41, 5.74) is 1.44. The molecule has 0 aromatic heterocycles. The third kappa shape index (κ3) is 6.96. The lowest BCUT2D eigenvalue weighted by atomic mass is 10.3. The molecule has 27 heavy (non-hydrogen) atoms. The monoisotopic (exact) mass is 388 g/mol. The minimum absolute atomic E-state index is 0.112. The van der Waals surface area contributed by atoms with Crippen molar-refractivity contribution in [2.75, 3.05) is 43.6 Å². The van der Waals surface area contributed by atoms with Gasteiger partial charge in [0.25, 0.3) is 11.8 Å². The van der Waals surface area contributed by atoms with Gasteiger partial charge in [-0.05, 0) is 43.5 Å². The molecule has 0 saturated heterocycles. The van der Waals surface area contributed by atoms with E-state index in [-0.39, 0.29) is 24.9 Å². The van der Waals surface area contributed by atoms with Gasteiger partial charge in [-0.15, -0.1) is 11.8 Å². The highest BCUT2D eigenvalue weighted by Crippen LogP contribution is 2.18. The molecule has 0 aliphatic heterocycles. The molecule has 1 atom stereocenters. The molecule has 7 heteroatoms. The first-order valence-corrected chi connectivity index (χ1v) is 9.98. The van der Waals surface area contributed by atoms with Gasteiger partial charge in [0, 0.05) is 22.3 Å². The van der Waals surface area contributed by atoms with E-state index in [0.29, 0.717) is 18.0 Å². The molecule has 0 saturated carbocycles. The van der Waals surface area contributed by atoms with Gasteiger partial charge in [0.15, 0.2) is 13.1 Å². The number of carbonyl (C=O) groups is 2. The Morgan fingerprint density at radius 2 is 1.59 bits per heavy atom. The second-order valence-corrected chi connectivity index (χ2v) is 6.90. The van der Waals surface area contributed by atoms with Crippen LogP contribution >= 0.6 is 11.8 Å². The molecule has 144 valence electrons. The number of carbonyl (C=O) groups excluding carboxylic acids is 2. The molecule has 1 unspecified atom stereocenters. The van der Waals surface area contributed by atoms with Gasteiger partial charge >= 0.3 is 0 Å². The highest BCUT2D eigenvalue weighted by atomic mass is 32.2. The van der Waals surface area contributed by atoms with E-state index in [9.17, 15) is 9.59 Å². The van der Waals surface area contributed by atoms with Crippen LogP contribution in [0.2, 0.25) is 0 Å². The summed E-state index contributed by atoms with van der Waals surface area (Å²) in [7, 11) is 1.58. The molecule has 0 spiro atoms. The number of methoxy groups -OCH3 is 1. The number of hydrogen-bond acceptors (Lipinski definition) is 4. The summed E-state index contributed by atoms with van der Waals surface area (Å²) in [6.45, 7) is 3.07. The second-order valence-electron chi connectivity index (χ2n) is 6.02. The van der Waals surface area contributed by atoms with E-state index in [1.807, 2.05) is 49.6 Å². The molecule has 0 aliphatic rings. The van der Waals surface area contributed by atoms with Crippen molar-refractivity contribution < 1.29 is 19.2 Å². The van der Waals surface area contributed by atoms with Gasteiger partial charge in [0.05, 0.1) is 13.7 Å². The van der Waals surface area contributed by atoms with Crippen LogP contribution in [-0.2, 0) is 9.59 Å². The summed E-state index contributed by atoms with van der Waals surface area (Å²) in [5, 5.41) is 5.74. The Morgan fingerprint density at radius 1 is 1.00 bits per heavy atom. The molecule has 2 aromatic rings. The van der Waals surface area contributed by atoms with Crippen LogP contribution < -0.4 is 20.3 Å². The average molecular weight is 389 g/mol. The van der Waals surface area contributed by atoms with Crippen molar-refractivity contribution in [1.29, 1.82) is 0 Å². The van der Waals surface area contributed by atoms with E-state index in [1.54, 1.807) is 31.0 Å². The number of quaternary nitrogens is 1. The number of ether oxygens (including phenoxy) is 1. The van der Waals surface area contributed by atoms with Gasteiger partial charge in [-0.25, -0.2) is 0 Å². The topological polar surface area (TPSA) is 71.9 Å². The van der Waals surface area contributed by atoms with E-state index in [0.717, 1.165) is 15.5 Å². The number of amides is 2.